The number of aromatic nitrogens is 2. The minimum Gasteiger partial charge on any atom is -0.488 e. The lowest BCUT2D eigenvalue weighted by atomic mass is 10.1. The summed E-state index contributed by atoms with van der Waals surface area (Å²) in [7, 11) is 1.36. The number of carbonyl (C=O) groups excluding carboxylic acids is 1. The fourth-order valence-electron chi connectivity index (χ4n) is 1.93. The lowest BCUT2D eigenvalue weighted by Gasteiger charge is -2.11. The average molecular weight is 337 g/mol. The normalized spacial score (nSPS) is 14.3. The molecule has 0 amide bonds. The number of esters is 1. The number of hydrogen-bond donors (Lipinski definition) is 0. The van der Waals surface area contributed by atoms with E-state index >= 15 is 0 Å². The first kappa shape index (κ1) is 13.3. The minimum atomic E-state index is -0.395. The summed E-state index contributed by atoms with van der Waals surface area (Å²) in [6.45, 7) is 1.85. The van der Waals surface area contributed by atoms with Crippen LogP contribution in [0.2, 0.25) is 0 Å². The van der Waals surface area contributed by atoms with Crippen LogP contribution in [0.1, 0.15) is 28.9 Å². The average Bonchev–Trinajstić information content (AvgIpc) is 3.26. The highest BCUT2D eigenvalue weighted by molar-refractivity contribution is 9.10. The van der Waals surface area contributed by atoms with Crippen molar-refractivity contribution in [1.29, 1.82) is 0 Å². The monoisotopic (exact) mass is 336 g/mol. The van der Waals surface area contributed by atoms with Gasteiger partial charge in [-0.2, -0.15) is 5.10 Å². The van der Waals surface area contributed by atoms with E-state index in [1.54, 1.807) is 12.1 Å². The zero-order chi connectivity index (χ0) is 14.3. The van der Waals surface area contributed by atoms with Crippen LogP contribution in [-0.4, -0.2) is 29.4 Å². The first-order chi connectivity index (χ1) is 9.60. The molecule has 1 fully saturated rings. The molecule has 20 heavy (non-hydrogen) atoms. The highest BCUT2D eigenvalue weighted by Crippen LogP contribution is 2.35. The number of fused-ring (bicyclic) bond motifs is 1. The molecule has 1 aromatic heterocycles. The maximum Gasteiger partial charge on any atom is 0.338 e. The quantitative estimate of drug-likeness (QED) is 0.806. The smallest absolute Gasteiger partial charge is 0.338 e. The van der Waals surface area contributed by atoms with Gasteiger partial charge in [-0.15, -0.1) is 5.10 Å². The molecular weight excluding hydrogens is 324 g/mol. The molecule has 0 spiro atoms. The van der Waals surface area contributed by atoms with Crippen LogP contribution in [0.25, 0.3) is 10.9 Å². The van der Waals surface area contributed by atoms with Crippen molar-refractivity contribution in [1.82, 2.24) is 10.2 Å². The number of halogens is 1. The zero-order valence-electron chi connectivity index (χ0n) is 11.1. The number of ether oxygens (including phenoxy) is 2. The SMILES string of the molecule is COC(=O)c1cc(OC2CC2)c2nnc(C)c(Br)c2c1. The van der Waals surface area contributed by atoms with E-state index in [4.69, 9.17) is 9.47 Å². The summed E-state index contributed by atoms with van der Waals surface area (Å²) >= 11 is 3.49. The molecule has 0 saturated heterocycles. The maximum absolute atomic E-state index is 11.8. The molecule has 5 nitrogen and oxygen atoms in total. The number of benzene rings is 1. The molecule has 0 aliphatic heterocycles. The molecule has 1 aromatic carbocycles. The maximum atomic E-state index is 11.8. The van der Waals surface area contributed by atoms with Crippen molar-refractivity contribution in [2.75, 3.05) is 7.11 Å². The van der Waals surface area contributed by atoms with Crippen molar-refractivity contribution in [3.8, 4) is 5.75 Å². The third kappa shape index (κ3) is 2.35. The number of methoxy groups -OCH3 is 1. The van der Waals surface area contributed by atoms with Crippen LogP contribution in [-0.2, 0) is 4.74 Å². The van der Waals surface area contributed by atoms with Crippen LogP contribution in [0.4, 0.5) is 0 Å². The van der Waals surface area contributed by atoms with Gasteiger partial charge in [0, 0.05) is 5.39 Å². The summed E-state index contributed by atoms with van der Waals surface area (Å²) in [6.07, 6.45) is 2.28. The van der Waals surface area contributed by atoms with Gasteiger partial charge in [-0.05, 0) is 47.8 Å². The number of hydrogen-bond acceptors (Lipinski definition) is 5. The van der Waals surface area contributed by atoms with Gasteiger partial charge in [0.2, 0.25) is 0 Å². The zero-order valence-corrected chi connectivity index (χ0v) is 12.7. The van der Waals surface area contributed by atoms with Gasteiger partial charge in [-0.25, -0.2) is 4.79 Å². The lowest BCUT2D eigenvalue weighted by molar-refractivity contribution is 0.0600. The van der Waals surface area contributed by atoms with E-state index in [9.17, 15) is 4.79 Å². The van der Waals surface area contributed by atoms with Crippen LogP contribution in [0.15, 0.2) is 16.6 Å². The molecule has 2 aromatic rings. The standard InChI is InChI=1S/C14H13BrN2O3/c1-7-12(15)10-5-8(14(18)19-2)6-11(13(10)17-16-7)20-9-3-4-9/h5-6,9H,3-4H2,1-2H3. The molecule has 0 radical (unpaired) electrons. The van der Waals surface area contributed by atoms with E-state index in [0.717, 1.165) is 28.4 Å². The number of aryl methyl sites for hydroxylation is 1. The van der Waals surface area contributed by atoms with E-state index in [2.05, 4.69) is 26.1 Å². The Balaban J connectivity index is 2.22. The topological polar surface area (TPSA) is 61.3 Å². The fraction of sp³-hybridized carbons (Fsp3) is 0.357. The van der Waals surface area contributed by atoms with E-state index in [1.165, 1.54) is 7.11 Å². The van der Waals surface area contributed by atoms with Gasteiger partial charge >= 0.3 is 5.97 Å². The molecule has 1 aliphatic rings. The van der Waals surface area contributed by atoms with E-state index in [-0.39, 0.29) is 6.10 Å². The van der Waals surface area contributed by atoms with Crippen molar-refractivity contribution in [3.05, 3.63) is 27.9 Å². The second-order valence-corrected chi connectivity index (χ2v) is 5.57. The van der Waals surface area contributed by atoms with E-state index in [0.29, 0.717) is 16.8 Å². The van der Waals surface area contributed by atoms with Gasteiger partial charge < -0.3 is 9.47 Å². The largest absolute Gasteiger partial charge is 0.488 e. The number of nitrogens with zero attached hydrogens (tertiary/aromatic N) is 2. The summed E-state index contributed by atoms with van der Waals surface area (Å²) in [4.78, 5) is 11.8. The Morgan fingerprint density at radius 3 is 2.75 bits per heavy atom. The summed E-state index contributed by atoms with van der Waals surface area (Å²) in [5.41, 5.74) is 1.86. The molecule has 1 saturated carbocycles. The van der Waals surface area contributed by atoms with Crippen molar-refractivity contribution in [3.63, 3.8) is 0 Å². The second-order valence-electron chi connectivity index (χ2n) is 4.78. The lowest BCUT2D eigenvalue weighted by Crippen LogP contribution is -2.05. The summed E-state index contributed by atoms with van der Waals surface area (Å²) in [5, 5.41) is 9.09. The Hall–Kier alpha value is -1.69. The first-order valence-corrected chi connectivity index (χ1v) is 7.11. The molecule has 104 valence electrons. The Morgan fingerprint density at radius 2 is 2.10 bits per heavy atom. The van der Waals surface area contributed by atoms with Gasteiger partial charge in [-0.1, -0.05) is 0 Å². The van der Waals surface area contributed by atoms with Crippen molar-refractivity contribution < 1.29 is 14.3 Å². The molecule has 0 unspecified atom stereocenters. The molecule has 6 heteroatoms. The van der Waals surface area contributed by atoms with Crippen LogP contribution in [0.3, 0.4) is 0 Å². The third-order valence-electron chi connectivity index (χ3n) is 3.17. The Bertz CT molecular complexity index is 698. The van der Waals surface area contributed by atoms with Crippen LogP contribution in [0.5, 0.6) is 5.75 Å². The number of rotatable bonds is 3. The molecule has 3 rings (SSSR count). The summed E-state index contributed by atoms with van der Waals surface area (Å²) in [5.74, 6) is 0.188. The van der Waals surface area contributed by atoms with Gasteiger partial charge in [0.1, 0.15) is 11.3 Å². The van der Waals surface area contributed by atoms with Crippen molar-refractivity contribution >= 4 is 32.8 Å². The van der Waals surface area contributed by atoms with E-state index < -0.39 is 5.97 Å². The van der Waals surface area contributed by atoms with Gasteiger partial charge in [0.15, 0.2) is 0 Å². The van der Waals surface area contributed by atoms with Gasteiger partial charge in [0.05, 0.1) is 28.9 Å². The predicted molar refractivity (Wildman–Crippen MR) is 77.0 cm³/mol. The van der Waals surface area contributed by atoms with Crippen LogP contribution < -0.4 is 4.74 Å². The van der Waals surface area contributed by atoms with Gasteiger partial charge in [0.25, 0.3) is 0 Å². The molecule has 1 aliphatic carbocycles. The fourth-order valence-corrected chi connectivity index (χ4v) is 2.31. The molecule has 0 N–H and O–H groups in total. The minimum absolute atomic E-state index is 0.216. The molecule has 0 atom stereocenters. The second kappa shape index (κ2) is 5.01. The molecule has 1 heterocycles. The Kier molecular flexibility index (Phi) is 3.33. The van der Waals surface area contributed by atoms with Gasteiger partial charge in [-0.3, -0.25) is 0 Å². The van der Waals surface area contributed by atoms with E-state index in [1.807, 2.05) is 6.92 Å². The first-order valence-electron chi connectivity index (χ1n) is 6.31. The highest BCUT2D eigenvalue weighted by atomic mass is 79.9. The van der Waals surface area contributed by atoms with Crippen molar-refractivity contribution in [2.24, 2.45) is 0 Å². The van der Waals surface area contributed by atoms with Crippen LogP contribution >= 0.6 is 15.9 Å². The molecular formula is C14H13BrN2O3. The Labute approximate surface area is 124 Å². The van der Waals surface area contributed by atoms with Crippen LogP contribution in [0, 0.1) is 6.92 Å². The third-order valence-corrected chi connectivity index (χ3v) is 4.17. The molecule has 0 bridgehead atoms. The Morgan fingerprint density at radius 1 is 1.35 bits per heavy atom. The van der Waals surface area contributed by atoms with Crippen molar-refractivity contribution in [2.45, 2.75) is 25.9 Å². The predicted octanol–water partition coefficient (Wildman–Crippen LogP) is 3.03. The number of carbonyl (C=O) groups is 1. The summed E-state index contributed by atoms with van der Waals surface area (Å²) < 4.78 is 11.4. The summed E-state index contributed by atoms with van der Waals surface area (Å²) in [6, 6.07) is 3.41. The highest BCUT2D eigenvalue weighted by Gasteiger charge is 2.26.